The van der Waals surface area contributed by atoms with Crippen LogP contribution in [0, 0.1) is 13.8 Å². The summed E-state index contributed by atoms with van der Waals surface area (Å²) in [5.41, 5.74) is 17.2. The largest absolute Gasteiger partial charge is 0.508 e. The van der Waals surface area contributed by atoms with Crippen molar-refractivity contribution >= 4 is 22.8 Å². The number of primary amides is 1. The van der Waals surface area contributed by atoms with E-state index >= 15 is 0 Å². The third-order valence-electron chi connectivity index (χ3n) is 5.08. The number of phenolic OH excluding ortho intramolecular Hbond substituents is 1. The molecule has 0 aliphatic carbocycles. The molecule has 0 saturated carbocycles. The highest BCUT2D eigenvalue weighted by Gasteiger charge is 2.27. The van der Waals surface area contributed by atoms with Gasteiger partial charge in [0.15, 0.2) is 0 Å². The number of hydrogen-bond acceptors (Lipinski definition) is 5. The number of carbonyl (C=O) groups excluding carboxylic acids is 1. The Kier molecular flexibility index (Phi) is 3.45. The predicted molar refractivity (Wildman–Crippen MR) is 100 cm³/mol. The van der Waals surface area contributed by atoms with E-state index in [4.69, 9.17) is 16.5 Å². The molecule has 3 aromatic rings. The van der Waals surface area contributed by atoms with Gasteiger partial charge < -0.3 is 16.6 Å². The molecule has 5 N–H and O–H groups in total. The molecule has 3 heterocycles. The van der Waals surface area contributed by atoms with Crippen LogP contribution in [0.2, 0.25) is 0 Å². The van der Waals surface area contributed by atoms with Crippen molar-refractivity contribution in [2.24, 2.45) is 5.73 Å². The van der Waals surface area contributed by atoms with E-state index in [1.54, 1.807) is 10.6 Å². The highest BCUT2D eigenvalue weighted by Crippen LogP contribution is 2.37. The van der Waals surface area contributed by atoms with Gasteiger partial charge in [0.2, 0.25) is 0 Å². The lowest BCUT2D eigenvalue weighted by Crippen LogP contribution is -2.14. The summed E-state index contributed by atoms with van der Waals surface area (Å²) in [6.07, 6.45) is 0. The third kappa shape index (κ3) is 2.17. The molecule has 0 atom stereocenters. The molecule has 0 spiro atoms. The number of amides is 1. The molecule has 0 fully saturated rings. The van der Waals surface area contributed by atoms with Gasteiger partial charge in [-0.2, -0.15) is 0 Å². The molecule has 0 bridgehead atoms. The minimum absolute atomic E-state index is 0.161. The Bertz CT molecular complexity index is 1080. The lowest BCUT2D eigenvalue weighted by Gasteiger charge is -2.15. The summed E-state index contributed by atoms with van der Waals surface area (Å²) in [6, 6.07) is 5.42. The molecular formula is C19H21N5O2. The Hall–Kier alpha value is -3.06. The monoisotopic (exact) mass is 351 g/mol. The molecule has 2 aromatic heterocycles. The van der Waals surface area contributed by atoms with Crippen LogP contribution in [0.3, 0.4) is 0 Å². The number of aryl methyl sites for hydroxylation is 1. The van der Waals surface area contributed by atoms with Gasteiger partial charge in [-0.1, -0.05) is 6.07 Å². The summed E-state index contributed by atoms with van der Waals surface area (Å²) in [5.74, 6) is -0.183. The number of hydrogen-bond donors (Lipinski definition) is 3. The quantitative estimate of drug-likeness (QED) is 0.654. The highest BCUT2D eigenvalue weighted by molar-refractivity contribution is 6.11. The van der Waals surface area contributed by atoms with Gasteiger partial charge in [-0.3, -0.25) is 14.3 Å². The molecule has 1 amide bonds. The first-order valence-electron chi connectivity index (χ1n) is 8.40. The van der Waals surface area contributed by atoms with E-state index in [9.17, 15) is 9.90 Å². The van der Waals surface area contributed by atoms with Crippen LogP contribution in [0.25, 0.3) is 16.7 Å². The van der Waals surface area contributed by atoms with Crippen LogP contribution in [0.5, 0.6) is 5.75 Å². The molecule has 1 aliphatic heterocycles. The number of aromatic hydroxyl groups is 1. The molecule has 7 heteroatoms. The topological polar surface area (TPSA) is 110 Å². The average molecular weight is 351 g/mol. The fourth-order valence-corrected chi connectivity index (χ4v) is 3.83. The summed E-state index contributed by atoms with van der Waals surface area (Å²) >= 11 is 0. The molecule has 4 rings (SSSR count). The zero-order valence-electron chi connectivity index (χ0n) is 15.0. The van der Waals surface area contributed by atoms with E-state index in [0.29, 0.717) is 16.6 Å². The van der Waals surface area contributed by atoms with Gasteiger partial charge in [0.05, 0.1) is 16.9 Å². The van der Waals surface area contributed by atoms with Crippen LogP contribution in [0.15, 0.2) is 18.2 Å². The normalized spacial score (nSPS) is 14.1. The van der Waals surface area contributed by atoms with Crippen LogP contribution in [0.1, 0.15) is 32.7 Å². The van der Waals surface area contributed by atoms with Gasteiger partial charge in [-0.15, -0.1) is 0 Å². The first kappa shape index (κ1) is 16.4. The number of aromatic nitrogens is 2. The second-order valence-corrected chi connectivity index (χ2v) is 6.97. The van der Waals surface area contributed by atoms with Gasteiger partial charge in [0.25, 0.3) is 5.91 Å². The second-order valence-electron chi connectivity index (χ2n) is 6.97. The molecule has 26 heavy (non-hydrogen) atoms. The van der Waals surface area contributed by atoms with Crippen LogP contribution in [-0.4, -0.2) is 32.5 Å². The molecule has 0 radical (unpaired) electrons. The lowest BCUT2D eigenvalue weighted by molar-refractivity contribution is 0.100. The maximum absolute atomic E-state index is 12.1. The van der Waals surface area contributed by atoms with Crippen molar-refractivity contribution in [1.29, 1.82) is 0 Å². The number of pyridine rings is 1. The lowest BCUT2D eigenvalue weighted by atomic mass is 10.1. The van der Waals surface area contributed by atoms with E-state index in [2.05, 4.69) is 4.90 Å². The zero-order chi connectivity index (χ0) is 18.7. The van der Waals surface area contributed by atoms with Gasteiger partial charge in [0.1, 0.15) is 17.2 Å². The Morgan fingerprint density at radius 2 is 2.00 bits per heavy atom. The smallest absolute Gasteiger partial charge is 0.253 e. The average Bonchev–Trinajstić information content (AvgIpc) is 3.05. The maximum atomic E-state index is 12.1. The number of phenols is 1. The number of nitrogens with zero attached hydrogens (tertiary/aromatic N) is 3. The number of rotatable bonds is 2. The Morgan fingerprint density at radius 3 is 2.69 bits per heavy atom. The third-order valence-corrected chi connectivity index (χ3v) is 5.08. The number of nitrogens with two attached hydrogens (primary N) is 2. The first-order chi connectivity index (χ1) is 12.3. The van der Waals surface area contributed by atoms with Gasteiger partial charge >= 0.3 is 0 Å². The maximum Gasteiger partial charge on any atom is 0.253 e. The van der Waals surface area contributed by atoms with Gasteiger partial charge in [-0.05, 0) is 44.2 Å². The molecule has 1 aromatic carbocycles. The van der Waals surface area contributed by atoms with Crippen molar-refractivity contribution in [2.45, 2.75) is 26.9 Å². The molecule has 0 saturated heterocycles. The van der Waals surface area contributed by atoms with Crippen molar-refractivity contribution in [3.8, 4) is 11.4 Å². The predicted octanol–water partition coefficient (Wildman–Crippen LogP) is 1.97. The van der Waals surface area contributed by atoms with E-state index < -0.39 is 5.91 Å². The Morgan fingerprint density at radius 1 is 1.27 bits per heavy atom. The summed E-state index contributed by atoms with van der Waals surface area (Å²) in [6.45, 7) is 5.25. The van der Waals surface area contributed by atoms with Crippen LogP contribution in [0.4, 0.5) is 5.82 Å². The molecule has 0 unspecified atom stereocenters. The standard InChI is InChI=1S/C19H21N5O2/c1-9-4-5-14(25)10(2)16(9)24-17(20)15(18(21)26)12-6-11-7-23(3)8-13(11)22-19(12)24/h4-6,25H,7-8,20H2,1-3H3,(H2,21,26). The summed E-state index contributed by atoms with van der Waals surface area (Å²) in [5, 5.41) is 10.8. The Labute approximate surface area is 150 Å². The van der Waals surface area contributed by atoms with Crippen LogP contribution in [-0.2, 0) is 13.1 Å². The van der Waals surface area contributed by atoms with Crippen molar-refractivity contribution < 1.29 is 9.90 Å². The van der Waals surface area contributed by atoms with Gasteiger partial charge in [0, 0.05) is 24.0 Å². The minimum atomic E-state index is -0.588. The number of benzene rings is 1. The van der Waals surface area contributed by atoms with Crippen LogP contribution < -0.4 is 11.5 Å². The first-order valence-corrected chi connectivity index (χ1v) is 8.40. The minimum Gasteiger partial charge on any atom is -0.508 e. The summed E-state index contributed by atoms with van der Waals surface area (Å²) < 4.78 is 1.73. The Balaban J connectivity index is 2.14. The van der Waals surface area contributed by atoms with E-state index in [1.807, 2.05) is 33.0 Å². The fraction of sp³-hybridized carbons (Fsp3) is 0.263. The van der Waals surface area contributed by atoms with Crippen molar-refractivity contribution in [3.05, 3.63) is 46.1 Å². The van der Waals surface area contributed by atoms with Crippen LogP contribution >= 0.6 is 0 Å². The molecule has 7 nitrogen and oxygen atoms in total. The molecule has 1 aliphatic rings. The fourth-order valence-electron chi connectivity index (χ4n) is 3.83. The number of fused-ring (bicyclic) bond motifs is 2. The van der Waals surface area contributed by atoms with E-state index in [1.165, 1.54) is 0 Å². The van der Waals surface area contributed by atoms with Crippen molar-refractivity contribution in [3.63, 3.8) is 0 Å². The summed E-state index contributed by atoms with van der Waals surface area (Å²) in [7, 11) is 2.02. The second kappa shape index (κ2) is 5.47. The zero-order valence-corrected chi connectivity index (χ0v) is 15.0. The molecular weight excluding hydrogens is 330 g/mol. The van der Waals surface area contributed by atoms with Gasteiger partial charge in [-0.25, -0.2) is 4.98 Å². The molecule has 134 valence electrons. The summed E-state index contributed by atoms with van der Waals surface area (Å²) in [4.78, 5) is 19.1. The highest BCUT2D eigenvalue weighted by atomic mass is 16.3. The number of anilines is 1. The van der Waals surface area contributed by atoms with E-state index in [-0.39, 0.29) is 17.1 Å². The SMILES string of the molecule is Cc1ccc(O)c(C)c1-n1c(N)c(C(N)=O)c2cc3c(nc21)CN(C)C3. The van der Waals surface area contributed by atoms with Crippen molar-refractivity contribution in [2.75, 3.05) is 12.8 Å². The van der Waals surface area contributed by atoms with Crippen molar-refractivity contribution in [1.82, 2.24) is 14.5 Å². The number of carbonyl (C=O) groups is 1. The van der Waals surface area contributed by atoms with E-state index in [0.717, 1.165) is 35.6 Å². The number of nitrogen functional groups attached to an aromatic ring is 1.